The molecule has 3 rings (SSSR count). The van der Waals surface area contributed by atoms with E-state index >= 15 is 0 Å². The number of halogens is 1. The van der Waals surface area contributed by atoms with Crippen molar-refractivity contribution >= 4 is 29.3 Å². The molecule has 2 aromatic rings. The molecule has 0 spiro atoms. The molecular formula is C14H21FN5O16P3. The number of nitrogens with two attached hydrogens (primary N) is 1. The molecule has 1 saturated heterocycles. The van der Waals surface area contributed by atoms with Crippen LogP contribution in [0.15, 0.2) is 32.8 Å². The molecule has 25 heteroatoms. The van der Waals surface area contributed by atoms with Crippen LogP contribution in [0.5, 0.6) is 0 Å². The van der Waals surface area contributed by atoms with E-state index in [2.05, 4.69) is 23.1 Å². The van der Waals surface area contributed by atoms with Gasteiger partial charge in [-0.1, -0.05) is 0 Å². The molecule has 220 valence electrons. The SMILES string of the molecule is Cc1cnc(=O)[nH]c1N.O=c1ccn([C@@H]2O[C@H](COP(=O)(O)OP(=O)(O)OP(=O)(O)O)[C@@H](O)[C@]2(O)F)c(=O)[nH]1. The van der Waals surface area contributed by atoms with Crippen LogP contribution in [0, 0.1) is 6.92 Å². The second kappa shape index (κ2) is 12.0. The lowest BCUT2D eigenvalue weighted by Crippen LogP contribution is -2.45. The van der Waals surface area contributed by atoms with E-state index < -0.39 is 71.3 Å². The van der Waals surface area contributed by atoms with E-state index in [1.807, 2.05) is 0 Å². The Bertz CT molecular complexity index is 1500. The first kappa shape index (κ1) is 32.8. The molecule has 0 aromatic carbocycles. The number of nitrogens with one attached hydrogen (secondary N) is 2. The van der Waals surface area contributed by atoms with Crippen molar-refractivity contribution in [2.24, 2.45) is 0 Å². The number of aryl methyl sites for hydroxylation is 1. The first-order valence-corrected chi connectivity index (χ1v) is 14.3. The van der Waals surface area contributed by atoms with E-state index in [0.717, 1.165) is 11.6 Å². The fourth-order valence-corrected chi connectivity index (χ4v) is 5.72. The van der Waals surface area contributed by atoms with Crippen molar-refractivity contribution in [1.82, 2.24) is 19.5 Å². The standard InChI is InChI=1S/C9H14FN2O15P3.C5H7N3O/c10-9(16)6(14)4(25-7(9)12-2-1-5(13)11-8(12)15)3-24-29(20,21)27-30(22,23)26-28(17,18)19;1-3-2-7-5(9)8-4(3)6/h1-2,4,6-7,14,16H,3H2,(H,20,21)(H,22,23)(H,11,13,15)(H2,17,18,19);2H,1H3,(H3,6,7,8,9)/t4-,6-,7-,9-;/m1./s1. The molecule has 0 bridgehead atoms. The number of phosphoric ester groups is 1. The molecule has 3 heterocycles. The topological polar surface area (TPSA) is 336 Å². The van der Waals surface area contributed by atoms with Crippen LogP contribution in [0.1, 0.15) is 11.8 Å². The zero-order valence-corrected chi connectivity index (χ0v) is 21.8. The number of aromatic amines is 2. The van der Waals surface area contributed by atoms with Gasteiger partial charge in [-0.3, -0.25) is 23.9 Å². The van der Waals surface area contributed by atoms with Gasteiger partial charge in [-0.15, -0.1) is 0 Å². The summed E-state index contributed by atoms with van der Waals surface area (Å²) in [6.07, 6.45) is -4.59. The first-order valence-electron chi connectivity index (χ1n) is 9.79. The van der Waals surface area contributed by atoms with E-state index in [4.69, 9.17) is 25.2 Å². The highest BCUT2D eigenvalue weighted by molar-refractivity contribution is 7.66. The van der Waals surface area contributed by atoms with Gasteiger partial charge in [0.1, 0.15) is 18.0 Å². The van der Waals surface area contributed by atoms with Gasteiger partial charge in [-0.2, -0.15) is 8.62 Å². The molecule has 2 aromatic heterocycles. The molecule has 39 heavy (non-hydrogen) atoms. The summed E-state index contributed by atoms with van der Waals surface area (Å²) in [7, 11) is -17.1. The van der Waals surface area contributed by atoms with Crippen LogP contribution in [0.2, 0.25) is 0 Å². The fourth-order valence-electron chi connectivity index (χ4n) is 2.69. The maximum absolute atomic E-state index is 14.5. The summed E-state index contributed by atoms with van der Waals surface area (Å²) in [5, 5.41) is 19.6. The maximum Gasteiger partial charge on any atom is 0.490 e. The Kier molecular flexibility index (Phi) is 10.1. The van der Waals surface area contributed by atoms with E-state index in [0.29, 0.717) is 16.6 Å². The van der Waals surface area contributed by atoms with Crippen molar-refractivity contribution in [3.8, 4) is 0 Å². The monoisotopic (exact) mass is 627 g/mol. The predicted molar refractivity (Wildman–Crippen MR) is 121 cm³/mol. The maximum atomic E-state index is 14.5. The summed E-state index contributed by atoms with van der Waals surface area (Å²) in [5.41, 5.74) is 3.59. The third-order valence-electron chi connectivity index (χ3n) is 4.38. The fraction of sp³-hybridized carbons (Fsp3) is 0.429. The molecule has 1 aliphatic rings. The van der Waals surface area contributed by atoms with E-state index in [-0.39, 0.29) is 0 Å². The number of aliphatic hydroxyl groups excluding tert-OH is 1. The van der Waals surface area contributed by atoms with Gasteiger partial charge in [0.05, 0.1) is 6.61 Å². The van der Waals surface area contributed by atoms with Crippen molar-refractivity contribution in [1.29, 1.82) is 0 Å². The van der Waals surface area contributed by atoms with E-state index in [1.165, 1.54) is 6.20 Å². The van der Waals surface area contributed by atoms with Crippen molar-refractivity contribution in [2.75, 3.05) is 12.3 Å². The highest BCUT2D eigenvalue weighted by Gasteiger charge is 2.58. The number of phosphoric acid groups is 3. The number of rotatable bonds is 8. The van der Waals surface area contributed by atoms with Gasteiger partial charge in [-0.05, 0) is 6.92 Å². The van der Waals surface area contributed by atoms with Crippen molar-refractivity contribution < 1.29 is 65.8 Å². The number of hydrogen-bond acceptors (Lipinski definition) is 14. The van der Waals surface area contributed by atoms with Crippen LogP contribution in [0.4, 0.5) is 10.2 Å². The summed E-state index contributed by atoms with van der Waals surface area (Å²) >= 11 is 0. The van der Waals surface area contributed by atoms with Gasteiger partial charge < -0.3 is 40.3 Å². The minimum atomic E-state index is -5.82. The Labute approximate surface area is 214 Å². The van der Waals surface area contributed by atoms with Gasteiger partial charge in [0.2, 0.25) is 0 Å². The third kappa shape index (κ3) is 9.33. The van der Waals surface area contributed by atoms with Gasteiger partial charge in [0.25, 0.3) is 11.4 Å². The average Bonchev–Trinajstić information content (AvgIpc) is 2.96. The molecule has 1 aliphatic heterocycles. The van der Waals surface area contributed by atoms with Crippen LogP contribution >= 0.6 is 23.5 Å². The zero-order valence-electron chi connectivity index (χ0n) is 19.1. The quantitative estimate of drug-likeness (QED) is 0.136. The van der Waals surface area contributed by atoms with Crippen LogP contribution in [-0.4, -0.2) is 74.0 Å². The van der Waals surface area contributed by atoms with E-state index in [1.54, 1.807) is 11.9 Å². The van der Waals surface area contributed by atoms with Crippen LogP contribution < -0.4 is 22.7 Å². The lowest BCUT2D eigenvalue weighted by molar-refractivity contribution is -0.197. The molecule has 0 saturated carbocycles. The summed E-state index contributed by atoms with van der Waals surface area (Å²) in [5.74, 6) is -3.29. The van der Waals surface area contributed by atoms with Gasteiger partial charge >= 0.3 is 34.8 Å². The van der Waals surface area contributed by atoms with Gasteiger partial charge in [0.15, 0.2) is 6.23 Å². The smallest absolute Gasteiger partial charge is 0.385 e. The Morgan fingerprint density at radius 3 is 2.28 bits per heavy atom. The lowest BCUT2D eigenvalue weighted by atomic mass is 10.1. The summed E-state index contributed by atoms with van der Waals surface area (Å²) in [6.45, 7) is 0.476. The largest absolute Gasteiger partial charge is 0.490 e. The summed E-state index contributed by atoms with van der Waals surface area (Å²) in [4.78, 5) is 75.9. The van der Waals surface area contributed by atoms with Crippen molar-refractivity contribution in [3.63, 3.8) is 0 Å². The van der Waals surface area contributed by atoms with E-state index in [9.17, 15) is 47.6 Å². The third-order valence-corrected chi connectivity index (χ3v) is 8.18. The number of hydrogen-bond donors (Lipinski definition) is 9. The number of anilines is 1. The Hall–Kier alpha value is -2.42. The van der Waals surface area contributed by atoms with Gasteiger partial charge in [-0.25, -0.2) is 32.7 Å². The minimum absolute atomic E-state index is 0.343. The molecular weight excluding hydrogens is 606 g/mol. The number of H-pyrrole nitrogens is 2. The number of nitrogen functional groups attached to an aromatic ring is 1. The number of aromatic nitrogens is 4. The summed E-state index contributed by atoms with van der Waals surface area (Å²) < 4.78 is 64.2. The van der Waals surface area contributed by atoms with Crippen molar-refractivity contribution in [2.45, 2.75) is 31.2 Å². The predicted octanol–water partition coefficient (Wildman–Crippen LogP) is -2.54. The number of alkyl halides is 1. The van der Waals surface area contributed by atoms with Crippen LogP contribution in [0.3, 0.4) is 0 Å². The van der Waals surface area contributed by atoms with Crippen molar-refractivity contribution in [3.05, 3.63) is 55.3 Å². The normalized spacial score (nSPS) is 26.2. The minimum Gasteiger partial charge on any atom is -0.385 e. The molecule has 6 atom stereocenters. The molecule has 0 amide bonds. The average molecular weight is 627 g/mol. The number of nitrogens with zero attached hydrogens (tertiary/aromatic N) is 2. The highest BCUT2D eigenvalue weighted by Crippen LogP contribution is 2.66. The number of aliphatic hydroxyl groups is 2. The first-order chi connectivity index (χ1) is 17.6. The lowest BCUT2D eigenvalue weighted by Gasteiger charge is -2.23. The van der Waals surface area contributed by atoms with Crippen LogP contribution in [0.25, 0.3) is 0 Å². The van der Waals surface area contributed by atoms with Crippen LogP contribution in [-0.2, 0) is 31.6 Å². The highest BCUT2D eigenvalue weighted by atomic mass is 31.3. The molecule has 21 nitrogen and oxygen atoms in total. The van der Waals surface area contributed by atoms with Gasteiger partial charge in [0, 0.05) is 24.0 Å². The second-order valence-electron chi connectivity index (χ2n) is 7.39. The molecule has 10 N–H and O–H groups in total. The zero-order chi connectivity index (χ0) is 30.0. The molecule has 0 radical (unpaired) electrons. The molecule has 0 aliphatic carbocycles. The Balaban J connectivity index is 0.000000499. The molecule has 1 fully saturated rings. The second-order valence-corrected chi connectivity index (χ2v) is 11.8. The number of ether oxygens (including phenoxy) is 1. The summed E-state index contributed by atoms with van der Waals surface area (Å²) in [6, 6.07) is 0.757. The molecule has 2 unspecified atom stereocenters. The Morgan fingerprint density at radius 2 is 1.77 bits per heavy atom. The Morgan fingerprint density at radius 1 is 1.15 bits per heavy atom.